The fraction of sp³-hybridized carbons (Fsp3) is 0.316. The predicted octanol–water partition coefficient (Wildman–Crippen LogP) is 2.90. The van der Waals surface area contributed by atoms with Crippen LogP contribution in [-0.2, 0) is 11.2 Å². The molecule has 2 aromatic rings. The van der Waals surface area contributed by atoms with Crippen LogP contribution in [0.5, 0.6) is 0 Å². The molecule has 6 nitrogen and oxygen atoms in total. The predicted molar refractivity (Wildman–Crippen MR) is 101 cm³/mol. The first-order chi connectivity index (χ1) is 12.7. The number of guanidine groups is 1. The first kappa shape index (κ1) is 16.8. The normalized spacial score (nSPS) is 21.3. The van der Waals surface area contributed by atoms with Crippen LogP contribution in [0.4, 0.5) is 0 Å². The van der Waals surface area contributed by atoms with Gasteiger partial charge in [0.2, 0.25) is 0 Å². The highest BCUT2D eigenvalue weighted by molar-refractivity contribution is 6.31. The lowest BCUT2D eigenvalue weighted by molar-refractivity contribution is -0.116. The van der Waals surface area contributed by atoms with E-state index in [9.17, 15) is 4.79 Å². The van der Waals surface area contributed by atoms with Gasteiger partial charge >= 0.3 is 0 Å². The van der Waals surface area contributed by atoms with E-state index in [-0.39, 0.29) is 11.8 Å². The van der Waals surface area contributed by atoms with Crippen LogP contribution in [0.15, 0.2) is 52.8 Å². The van der Waals surface area contributed by atoms with Crippen molar-refractivity contribution in [1.29, 1.82) is 0 Å². The van der Waals surface area contributed by atoms with Crippen LogP contribution in [0.1, 0.15) is 36.6 Å². The number of nitrogens with zero attached hydrogens (tertiary/aromatic N) is 2. The Morgan fingerprint density at radius 3 is 2.85 bits per heavy atom. The zero-order valence-corrected chi connectivity index (χ0v) is 15.0. The molecule has 0 spiro atoms. The Kier molecular flexibility index (Phi) is 4.75. The van der Waals surface area contributed by atoms with Gasteiger partial charge in [0.25, 0.3) is 0 Å². The molecule has 1 aromatic carbocycles. The molecule has 1 aliphatic carbocycles. The van der Waals surface area contributed by atoms with Crippen molar-refractivity contribution in [2.45, 2.75) is 31.7 Å². The van der Waals surface area contributed by atoms with E-state index >= 15 is 0 Å². The van der Waals surface area contributed by atoms with Gasteiger partial charge in [-0.2, -0.15) is 5.10 Å². The molecule has 1 aromatic heterocycles. The summed E-state index contributed by atoms with van der Waals surface area (Å²) in [5, 5.41) is 14.0. The molecule has 0 bridgehead atoms. The minimum Gasteiger partial charge on any atom is -0.343 e. The number of nitrogens with one attached hydrogen (secondary N) is 3. The summed E-state index contributed by atoms with van der Waals surface area (Å²) in [4.78, 5) is 17.2. The summed E-state index contributed by atoms with van der Waals surface area (Å²) in [5.41, 5.74) is 3.62. The molecule has 0 saturated heterocycles. The second-order valence-electron chi connectivity index (χ2n) is 6.47. The van der Waals surface area contributed by atoms with Crippen molar-refractivity contribution >= 4 is 23.3 Å². The molecule has 1 aliphatic heterocycles. The molecule has 4 rings (SSSR count). The summed E-state index contributed by atoms with van der Waals surface area (Å²) in [7, 11) is 0. The molecule has 0 radical (unpaired) electrons. The standard InChI is InChI=1S/C19H20ClN5O/c20-13-11-22-25-17(13)18-16-14(7-4-8-15(16)26)23-19(24-18)21-10-9-12-5-2-1-3-6-12/h1-3,5-6,11,18H,4,7-10H2,(H,22,25)(H2,21,23,24). The van der Waals surface area contributed by atoms with Gasteiger partial charge in [0.15, 0.2) is 11.7 Å². The number of benzene rings is 1. The maximum absolute atomic E-state index is 12.5. The Morgan fingerprint density at radius 1 is 1.23 bits per heavy atom. The Hall–Kier alpha value is -2.60. The van der Waals surface area contributed by atoms with Crippen LogP contribution in [0.3, 0.4) is 0 Å². The Bertz CT molecular complexity index is 871. The SMILES string of the molecule is O=C1CCCC2=C1C(c1[nH]ncc1Cl)NC(=NCCc1ccccc1)N2. The summed E-state index contributed by atoms with van der Waals surface area (Å²) in [6.45, 7) is 0.652. The number of aromatic nitrogens is 2. The van der Waals surface area contributed by atoms with E-state index in [4.69, 9.17) is 11.6 Å². The number of H-pyrrole nitrogens is 1. The monoisotopic (exact) mass is 369 g/mol. The molecule has 26 heavy (non-hydrogen) atoms. The van der Waals surface area contributed by atoms with Crippen LogP contribution in [0, 0.1) is 0 Å². The number of halogens is 1. The highest BCUT2D eigenvalue weighted by Gasteiger charge is 2.35. The summed E-state index contributed by atoms with van der Waals surface area (Å²) in [6, 6.07) is 9.91. The Balaban J connectivity index is 1.58. The summed E-state index contributed by atoms with van der Waals surface area (Å²) in [6.07, 6.45) is 4.66. The van der Waals surface area contributed by atoms with Gasteiger partial charge in [-0.15, -0.1) is 0 Å². The third kappa shape index (κ3) is 3.37. The molecule has 0 fully saturated rings. The summed E-state index contributed by atoms with van der Waals surface area (Å²) < 4.78 is 0. The highest BCUT2D eigenvalue weighted by Crippen LogP contribution is 2.34. The van der Waals surface area contributed by atoms with Gasteiger partial charge in [0.05, 0.1) is 16.9 Å². The number of aliphatic imine (C=N–C) groups is 1. The molecular weight excluding hydrogens is 350 g/mol. The van der Waals surface area contributed by atoms with Crippen molar-refractivity contribution < 1.29 is 4.79 Å². The van der Waals surface area contributed by atoms with Crippen molar-refractivity contribution in [2.75, 3.05) is 6.54 Å². The average Bonchev–Trinajstić information content (AvgIpc) is 3.08. The molecule has 0 saturated carbocycles. The quantitative estimate of drug-likeness (QED) is 0.774. The minimum absolute atomic E-state index is 0.144. The van der Waals surface area contributed by atoms with Crippen LogP contribution in [-0.4, -0.2) is 28.5 Å². The fourth-order valence-corrected chi connectivity index (χ4v) is 3.64. The van der Waals surface area contributed by atoms with Gasteiger partial charge in [0.1, 0.15) is 6.04 Å². The van der Waals surface area contributed by atoms with E-state index in [0.717, 1.165) is 30.5 Å². The maximum atomic E-state index is 12.5. The number of rotatable bonds is 4. The largest absolute Gasteiger partial charge is 0.343 e. The first-order valence-corrected chi connectivity index (χ1v) is 9.17. The third-order valence-corrected chi connectivity index (χ3v) is 5.02. The van der Waals surface area contributed by atoms with Crippen molar-refractivity contribution in [3.63, 3.8) is 0 Å². The number of Topliss-reactive ketones (excluding diaryl/α,β-unsaturated/α-hetero) is 1. The molecule has 2 heterocycles. The van der Waals surface area contributed by atoms with Crippen LogP contribution in [0.25, 0.3) is 0 Å². The van der Waals surface area contributed by atoms with E-state index in [1.165, 1.54) is 5.56 Å². The van der Waals surface area contributed by atoms with Crippen molar-refractivity contribution in [2.24, 2.45) is 4.99 Å². The maximum Gasteiger partial charge on any atom is 0.196 e. The number of hydrogen-bond acceptors (Lipinski definition) is 3. The molecule has 3 N–H and O–H groups in total. The minimum atomic E-state index is -0.343. The van der Waals surface area contributed by atoms with E-state index in [0.29, 0.717) is 29.6 Å². The van der Waals surface area contributed by atoms with E-state index in [2.05, 4.69) is 38.0 Å². The molecular formula is C19H20ClN5O. The number of allylic oxidation sites excluding steroid dienone is 1. The first-order valence-electron chi connectivity index (χ1n) is 8.79. The zero-order chi connectivity index (χ0) is 17.9. The smallest absolute Gasteiger partial charge is 0.196 e. The van der Waals surface area contributed by atoms with E-state index < -0.39 is 0 Å². The van der Waals surface area contributed by atoms with E-state index in [1.807, 2.05) is 18.2 Å². The average molecular weight is 370 g/mol. The number of ketones is 1. The van der Waals surface area contributed by atoms with Gasteiger partial charge in [-0.1, -0.05) is 41.9 Å². The molecule has 1 atom stereocenters. The molecule has 134 valence electrons. The molecule has 7 heteroatoms. The topological polar surface area (TPSA) is 82.2 Å². The summed E-state index contributed by atoms with van der Waals surface area (Å²) in [5.74, 6) is 0.815. The van der Waals surface area contributed by atoms with Crippen molar-refractivity contribution in [1.82, 2.24) is 20.8 Å². The van der Waals surface area contributed by atoms with Gasteiger partial charge in [-0.3, -0.25) is 14.9 Å². The molecule has 0 amide bonds. The molecule has 1 unspecified atom stereocenters. The fourth-order valence-electron chi connectivity index (χ4n) is 3.44. The van der Waals surface area contributed by atoms with Gasteiger partial charge < -0.3 is 10.6 Å². The number of carbonyl (C=O) groups is 1. The second-order valence-corrected chi connectivity index (χ2v) is 6.88. The molecule has 2 aliphatic rings. The lowest BCUT2D eigenvalue weighted by Gasteiger charge is -2.33. The van der Waals surface area contributed by atoms with Crippen molar-refractivity contribution in [3.05, 3.63) is 64.1 Å². The third-order valence-electron chi connectivity index (χ3n) is 4.72. The van der Waals surface area contributed by atoms with Gasteiger partial charge in [-0.25, -0.2) is 0 Å². The van der Waals surface area contributed by atoms with Gasteiger partial charge in [0, 0.05) is 24.2 Å². The lowest BCUT2D eigenvalue weighted by atomic mass is 9.87. The van der Waals surface area contributed by atoms with E-state index in [1.54, 1.807) is 6.20 Å². The second kappa shape index (κ2) is 7.33. The van der Waals surface area contributed by atoms with Crippen LogP contribution in [0.2, 0.25) is 5.02 Å². The Labute approximate surface area is 156 Å². The highest BCUT2D eigenvalue weighted by atomic mass is 35.5. The van der Waals surface area contributed by atoms with Gasteiger partial charge in [-0.05, 0) is 24.8 Å². The van der Waals surface area contributed by atoms with Crippen molar-refractivity contribution in [3.8, 4) is 0 Å². The van der Waals surface area contributed by atoms with Crippen LogP contribution < -0.4 is 10.6 Å². The zero-order valence-electron chi connectivity index (χ0n) is 14.3. The van der Waals surface area contributed by atoms with Crippen LogP contribution >= 0.6 is 11.6 Å². The number of aromatic amines is 1. The Morgan fingerprint density at radius 2 is 2.08 bits per heavy atom. The lowest BCUT2D eigenvalue weighted by Crippen LogP contribution is -2.48. The summed E-state index contributed by atoms with van der Waals surface area (Å²) >= 11 is 6.26. The number of hydrogen-bond donors (Lipinski definition) is 3. The number of carbonyl (C=O) groups excluding carboxylic acids is 1.